The minimum Gasteiger partial charge on any atom is -0.376 e. The fraction of sp³-hybridized carbons (Fsp3) is 0.769. The second kappa shape index (κ2) is 7.94. The number of rotatable bonds is 7. The lowest BCUT2D eigenvalue weighted by molar-refractivity contribution is 0.0347. The number of anilines is 3. The number of nitrogens with two attached hydrogens (primary N) is 1. The van der Waals surface area contributed by atoms with Crippen molar-refractivity contribution in [2.24, 2.45) is 5.84 Å². The summed E-state index contributed by atoms with van der Waals surface area (Å²) in [6.45, 7) is 1.32. The molecule has 0 radical (unpaired) electrons. The molecule has 0 atom stereocenters. The highest BCUT2D eigenvalue weighted by Gasteiger charge is 2.13. The molecule has 2 rings (SSSR count). The molecule has 1 aromatic rings. The predicted octanol–water partition coefficient (Wildman–Crippen LogP) is 0.984. The van der Waals surface area contributed by atoms with Gasteiger partial charge in [-0.05, 0) is 12.8 Å². The summed E-state index contributed by atoms with van der Waals surface area (Å²) in [5.74, 6) is 6.75. The molecule has 0 amide bonds. The van der Waals surface area contributed by atoms with Crippen LogP contribution in [0.5, 0.6) is 0 Å². The maximum Gasteiger partial charge on any atom is 0.243 e. The molecule has 21 heavy (non-hydrogen) atoms. The Kier molecular flexibility index (Phi) is 5.94. The molecule has 4 N–H and O–H groups in total. The van der Waals surface area contributed by atoms with Crippen LogP contribution in [-0.4, -0.2) is 48.3 Å². The molecule has 1 heterocycles. The fourth-order valence-electron chi connectivity index (χ4n) is 2.33. The minimum absolute atomic E-state index is 0.337. The van der Waals surface area contributed by atoms with Crippen molar-refractivity contribution < 1.29 is 4.74 Å². The van der Waals surface area contributed by atoms with Crippen LogP contribution in [0.3, 0.4) is 0 Å². The zero-order valence-corrected chi connectivity index (χ0v) is 12.8. The van der Waals surface area contributed by atoms with Crippen LogP contribution in [0.2, 0.25) is 0 Å². The summed E-state index contributed by atoms with van der Waals surface area (Å²) in [6, 6.07) is 0. The zero-order valence-electron chi connectivity index (χ0n) is 12.8. The first-order valence-electron chi connectivity index (χ1n) is 7.44. The summed E-state index contributed by atoms with van der Waals surface area (Å²) in [6.07, 6.45) is 6.67. The molecule has 0 aromatic carbocycles. The van der Waals surface area contributed by atoms with Crippen LogP contribution in [-0.2, 0) is 4.74 Å². The Morgan fingerprint density at radius 3 is 2.52 bits per heavy atom. The third-order valence-corrected chi connectivity index (χ3v) is 3.44. The Balaban J connectivity index is 1.80. The largest absolute Gasteiger partial charge is 0.376 e. The van der Waals surface area contributed by atoms with Gasteiger partial charge in [-0.15, -0.1) is 0 Å². The van der Waals surface area contributed by atoms with Crippen LogP contribution >= 0.6 is 0 Å². The van der Waals surface area contributed by atoms with Crippen molar-refractivity contribution in [2.75, 3.05) is 42.9 Å². The van der Waals surface area contributed by atoms with E-state index in [1.807, 2.05) is 14.1 Å². The molecule has 1 fully saturated rings. The Hall–Kier alpha value is -1.67. The molecule has 1 aliphatic rings. The highest BCUT2D eigenvalue weighted by Crippen LogP contribution is 2.20. The number of hydrazine groups is 1. The van der Waals surface area contributed by atoms with Gasteiger partial charge in [-0.3, -0.25) is 5.43 Å². The van der Waals surface area contributed by atoms with E-state index < -0.39 is 0 Å². The number of nitrogens with zero attached hydrogens (tertiary/aromatic N) is 4. The van der Waals surface area contributed by atoms with Gasteiger partial charge in [0.05, 0.1) is 12.7 Å². The maximum absolute atomic E-state index is 5.85. The van der Waals surface area contributed by atoms with E-state index in [1.165, 1.54) is 32.1 Å². The number of nitrogens with one attached hydrogen (secondary N) is 2. The van der Waals surface area contributed by atoms with Gasteiger partial charge in [0.15, 0.2) is 0 Å². The van der Waals surface area contributed by atoms with Crippen molar-refractivity contribution in [3.63, 3.8) is 0 Å². The molecule has 118 valence electrons. The van der Waals surface area contributed by atoms with Gasteiger partial charge < -0.3 is 15.0 Å². The summed E-state index contributed by atoms with van der Waals surface area (Å²) in [5.41, 5.74) is 2.44. The minimum atomic E-state index is 0.337. The zero-order chi connectivity index (χ0) is 15.1. The molecule has 1 saturated carbocycles. The van der Waals surface area contributed by atoms with Gasteiger partial charge >= 0.3 is 0 Å². The lowest BCUT2D eigenvalue weighted by Gasteiger charge is -2.22. The molecule has 0 aliphatic heterocycles. The van der Waals surface area contributed by atoms with Crippen molar-refractivity contribution in [2.45, 2.75) is 38.2 Å². The number of hydrogen-bond donors (Lipinski definition) is 3. The van der Waals surface area contributed by atoms with E-state index in [4.69, 9.17) is 10.6 Å². The number of ether oxygens (including phenoxy) is 1. The molecule has 0 bridgehead atoms. The topological polar surface area (TPSA) is 101 Å². The average Bonchev–Trinajstić information content (AvgIpc) is 2.52. The third kappa shape index (κ3) is 4.98. The van der Waals surface area contributed by atoms with Crippen molar-refractivity contribution in [3.05, 3.63) is 0 Å². The van der Waals surface area contributed by atoms with E-state index in [1.54, 1.807) is 4.90 Å². The molecule has 0 spiro atoms. The first-order valence-corrected chi connectivity index (χ1v) is 7.44. The molecule has 0 saturated heterocycles. The van der Waals surface area contributed by atoms with Crippen molar-refractivity contribution >= 4 is 17.8 Å². The summed E-state index contributed by atoms with van der Waals surface area (Å²) in [7, 11) is 3.73. The third-order valence-electron chi connectivity index (χ3n) is 3.44. The van der Waals surface area contributed by atoms with E-state index in [9.17, 15) is 0 Å². The summed E-state index contributed by atoms with van der Waals surface area (Å²) in [4.78, 5) is 14.4. The van der Waals surface area contributed by atoms with E-state index >= 15 is 0 Å². The highest BCUT2D eigenvalue weighted by atomic mass is 16.5. The van der Waals surface area contributed by atoms with Crippen molar-refractivity contribution in [3.8, 4) is 0 Å². The normalized spacial score (nSPS) is 15.8. The lowest BCUT2D eigenvalue weighted by atomic mass is 9.98. The Morgan fingerprint density at radius 2 is 1.86 bits per heavy atom. The smallest absolute Gasteiger partial charge is 0.243 e. The first-order chi connectivity index (χ1) is 10.2. The van der Waals surface area contributed by atoms with E-state index in [0.717, 1.165) is 0 Å². The van der Waals surface area contributed by atoms with Crippen LogP contribution in [0.15, 0.2) is 0 Å². The monoisotopic (exact) mass is 295 g/mol. The van der Waals surface area contributed by atoms with Crippen LogP contribution in [0.1, 0.15) is 32.1 Å². The number of aromatic nitrogens is 3. The Morgan fingerprint density at radius 1 is 1.14 bits per heavy atom. The van der Waals surface area contributed by atoms with Gasteiger partial charge in [-0.2, -0.15) is 15.0 Å². The van der Waals surface area contributed by atoms with Crippen LogP contribution in [0.25, 0.3) is 0 Å². The lowest BCUT2D eigenvalue weighted by Crippen LogP contribution is -2.22. The molecule has 8 heteroatoms. The van der Waals surface area contributed by atoms with E-state index in [2.05, 4.69) is 25.7 Å². The van der Waals surface area contributed by atoms with Gasteiger partial charge in [0.25, 0.3) is 0 Å². The molecule has 8 nitrogen and oxygen atoms in total. The summed E-state index contributed by atoms with van der Waals surface area (Å²) < 4.78 is 5.85. The van der Waals surface area contributed by atoms with E-state index in [0.29, 0.717) is 37.1 Å². The first kappa shape index (κ1) is 15.7. The van der Waals surface area contributed by atoms with Gasteiger partial charge in [-0.1, -0.05) is 19.3 Å². The quantitative estimate of drug-likeness (QED) is 0.389. The average molecular weight is 295 g/mol. The van der Waals surface area contributed by atoms with Crippen LogP contribution in [0, 0.1) is 0 Å². The van der Waals surface area contributed by atoms with Gasteiger partial charge in [-0.25, -0.2) is 5.84 Å². The second-order valence-electron chi connectivity index (χ2n) is 5.38. The van der Waals surface area contributed by atoms with E-state index in [-0.39, 0.29) is 0 Å². The Bertz CT molecular complexity index is 435. The Labute approximate surface area is 125 Å². The van der Waals surface area contributed by atoms with Gasteiger partial charge in [0.1, 0.15) is 0 Å². The standard InChI is InChI=1S/C13H25N7O/c1-20(2)13-17-11(16-12(18-13)19-14)15-8-9-21-10-6-4-3-5-7-10/h10H,3-9,14H2,1-2H3,(H2,15,16,17,18,19). The molecule has 1 aliphatic carbocycles. The van der Waals surface area contributed by atoms with Crippen LogP contribution in [0.4, 0.5) is 17.8 Å². The SMILES string of the molecule is CN(C)c1nc(NN)nc(NCCOC2CCCCC2)n1. The number of hydrogen-bond acceptors (Lipinski definition) is 8. The maximum atomic E-state index is 5.85. The second-order valence-corrected chi connectivity index (χ2v) is 5.38. The van der Waals surface area contributed by atoms with Crippen molar-refractivity contribution in [1.29, 1.82) is 0 Å². The fourth-order valence-corrected chi connectivity index (χ4v) is 2.33. The number of nitrogen functional groups attached to an aromatic ring is 1. The molecular formula is C13H25N7O. The molecule has 0 unspecified atom stereocenters. The summed E-state index contributed by atoms with van der Waals surface area (Å²) >= 11 is 0. The molecule has 1 aromatic heterocycles. The summed E-state index contributed by atoms with van der Waals surface area (Å²) in [5, 5.41) is 3.14. The van der Waals surface area contributed by atoms with Crippen molar-refractivity contribution in [1.82, 2.24) is 15.0 Å². The van der Waals surface area contributed by atoms with Gasteiger partial charge in [0.2, 0.25) is 17.8 Å². The predicted molar refractivity (Wildman–Crippen MR) is 83.3 cm³/mol. The van der Waals surface area contributed by atoms with Gasteiger partial charge in [0, 0.05) is 20.6 Å². The highest BCUT2D eigenvalue weighted by molar-refractivity contribution is 5.42. The van der Waals surface area contributed by atoms with Crippen LogP contribution < -0.4 is 21.5 Å². The molecular weight excluding hydrogens is 270 g/mol.